The van der Waals surface area contributed by atoms with Crippen LogP contribution in [0.4, 0.5) is 0 Å². The minimum Gasteiger partial charge on any atom is -0.457 e. The molecule has 1 N–H and O–H groups in total. The Morgan fingerprint density at radius 3 is 2.62 bits per heavy atom. The van der Waals surface area contributed by atoms with Crippen molar-refractivity contribution < 1.29 is 4.42 Å². The molecule has 0 spiro atoms. The standard InChI is InChI=1S/C17H15ClINO/c1-2-20-16(11-6-8-13(19)9-7-11)15-10-12-4-3-5-14(18)17(12)21-15/h3-10,16,20H,2H2,1H3. The van der Waals surface area contributed by atoms with Gasteiger partial charge in [-0.1, -0.05) is 42.8 Å². The highest BCUT2D eigenvalue weighted by molar-refractivity contribution is 14.1. The molecule has 2 aromatic carbocycles. The normalized spacial score (nSPS) is 12.7. The summed E-state index contributed by atoms with van der Waals surface area (Å²) in [5.74, 6) is 0.890. The zero-order valence-electron chi connectivity index (χ0n) is 11.6. The minimum atomic E-state index is 0.0375. The van der Waals surface area contributed by atoms with E-state index in [4.69, 9.17) is 16.0 Å². The highest BCUT2D eigenvalue weighted by Gasteiger charge is 2.18. The molecule has 0 fully saturated rings. The van der Waals surface area contributed by atoms with Crippen LogP contribution in [0.2, 0.25) is 5.02 Å². The molecule has 0 saturated carbocycles. The molecular formula is C17H15ClINO. The fourth-order valence-corrected chi connectivity index (χ4v) is 3.01. The molecule has 0 amide bonds. The van der Waals surface area contributed by atoms with E-state index < -0.39 is 0 Å². The number of para-hydroxylation sites is 1. The van der Waals surface area contributed by atoms with Crippen LogP contribution in [0.1, 0.15) is 24.3 Å². The van der Waals surface area contributed by atoms with Crippen molar-refractivity contribution in [3.8, 4) is 0 Å². The first kappa shape index (κ1) is 14.9. The summed E-state index contributed by atoms with van der Waals surface area (Å²) in [6.07, 6.45) is 0. The van der Waals surface area contributed by atoms with E-state index in [0.29, 0.717) is 5.02 Å². The van der Waals surface area contributed by atoms with E-state index in [2.05, 4.69) is 65.2 Å². The molecule has 4 heteroatoms. The number of nitrogens with one attached hydrogen (secondary N) is 1. The van der Waals surface area contributed by atoms with Gasteiger partial charge in [-0.15, -0.1) is 0 Å². The Kier molecular flexibility index (Phi) is 4.52. The molecule has 0 aliphatic heterocycles. The highest BCUT2D eigenvalue weighted by Crippen LogP contribution is 2.32. The van der Waals surface area contributed by atoms with Gasteiger partial charge in [0.1, 0.15) is 5.76 Å². The molecule has 0 radical (unpaired) electrons. The van der Waals surface area contributed by atoms with Crippen LogP contribution in [-0.4, -0.2) is 6.54 Å². The Labute approximate surface area is 142 Å². The first-order valence-corrected chi connectivity index (χ1v) is 8.31. The molecule has 0 aliphatic rings. The lowest BCUT2D eigenvalue weighted by Crippen LogP contribution is -2.21. The van der Waals surface area contributed by atoms with Crippen LogP contribution in [0.5, 0.6) is 0 Å². The average molecular weight is 412 g/mol. The summed E-state index contributed by atoms with van der Waals surface area (Å²) in [6.45, 7) is 2.96. The lowest BCUT2D eigenvalue weighted by atomic mass is 10.0. The fourth-order valence-electron chi connectivity index (χ4n) is 2.43. The number of hydrogen-bond donors (Lipinski definition) is 1. The lowest BCUT2D eigenvalue weighted by Gasteiger charge is -2.16. The monoisotopic (exact) mass is 411 g/mol. The summed E-state index contributed by atoms with van der Waals surface area (Å²) in [5.41, 5.74) is 1.94. The molecule has 3 aromatic rings. The number of furan rings is 1. The van der Waals surface area contributed by atoms with E-state index in [1.165, 1.54) is 9.13 Å². The second kappa shape index (κ2) is 6.38. The zero-order chi connectivity index (χ0) is 14.8. The quantitative estimate of drug-likeness (QED) is 0.582. The maximum Gasteiger partial charge on any atom is 0.152 e. The van der Waals surface area contributed by atoms with Gasteiger partial charge in [0.15, 0.2) is 5.58 Å². The van der Waals surface area contributed by atoms with E-state index in [0.717, 1.165) is 23.3 Å². The van der Waals surface area contributed by atoms with E-state index in [1.807, 2.05) is 18.2 Å². The van der Waals surface area contributed by atoms with E-state index >= 15 is 0 Å². The molecule has 0 bridgehead atoms. The molecule has 2 nitrogen and oxygen atoms in total. The predicted octanol–water partition coefficient (Wildman–Crippen LogP) is 5.39. The molecule has 108 valence electrons. The summed E-state index contributed by atoms with van der Waals surface area (Å²) in [6, 6.07) is 16.4. The summed E-state index contributed by atoms with van der Waals surface area (Å²) < 4.78 is 7.22. The fraction of sp³-hybridized carbons (Fsp3) is 0.176. The number of hydrogen-bond acceptors (Lipinski definition) is 2. The molecule has 21 heavy (non-hydrogen) atoms. The molecule has 1 heterocycles. The second-order valence-electron chi connectivity index (χ2n) is 4.85. The molecule has 0 aliphatic carbocycles. The average Bonchev–Trinajstić information content (AvgIpc) is 2.91. The molecule has 0 saturated heterocycles. The van der Waals surface area contributed by atoms with Crippen molar-refractivity contribution in [3.05, 3.63) is 68.4 Å². The van der Waals surface area contributed by atoms with Gasteiger partial charge in [-0.25, -0.2) is 0 Å². The molecule has 1 atom stereocenters. The van der Waals surface area contributed by atoms with Crippen LogP contribution in [-0.2, 0) is 0 Å². The van der Waals surface area contributed by atoms with Crippen molar-refractivity contribution in [1.29, 1.82) is 0 Å². The predicted molar refractivity (Wildman–Crippen MR) is 95.9 cm³/mol. The molecule has 3 rings (SSSR count). The largest absolute Gasteiger partial charge is 0.457 e. The van der Waals surface area contributed by atoms with Crippen LogP contribution in [0.3, 0.4) is 0 Å². The van der Waals surface area contributed by atoms with Crippen LogP contribution in [0, 0.1) is 3.57 Å². The first-order chi connectivity index (χ1) is 10.2. The third kappa shape index (κ3) is 3.10. The van der Waals surface area contributed by atoms with Crippen LogP contribution >= 0.6 is 34.2 Å². The van der Waals surface area contributed by atoms with E-state index in [-0.39, 0.29) is 6.04 Å². The minimum absolute atomic E-state index is 0.0375. The summed E-state index contributed by atoms with van der Waals surface area (Å²) >= 11 is 8.51. The van der Waals surface area contributed by atoms with Gasteiger partial charge in [-0.05, 0) is 59.0 Å². The third-order valence-corrected chi connectivity index (χ3v) is 4.43. The van der Waals surface area contributed by atoms with Gasteiger partial charge in [0.2, 0.25) is 0 Å². The van der Waals surface area contributed by atoms with Gasteiger partial charge in [0.05, 0.1) is 11.1 Å². The summed E-state index contributed by atoms with van der Waals surface area (Å²) in [7, 11) is 0. The van der Waals surface area contributed by atoms with Crippen molar-refractivity contribution in [2.45, 2.75) is 13.0 Å². The van der Waals surface area contributed by atoms with E-state index in [9.17, 15) is 0 Å². The van der Waals surface area contributed by atoms with Crippen molar-refractivity contribution in [2.75, 3.05) is 6.54 Å². The van der Waals surface area contributed by atoms with Gasteiger partial charge in [-0.2, -0.15) is 0 Å². The van der Waals surface area contributed by atoms with Crippen LogP contribution in [0.15, 0.2) is 52.9 Å². The number of halogens is 2. The molecular weight excluding hydrogens is 397 g/mol. The summed E-state index contributed by atoms with van der Waals surface area (Å²) in [4.78, 5) is 0. The lowest BCUT2D eigenvalue weighted by molar-refractivity contribution is 0.477. The topological polar surface area (TPSA) is 25.2 Å². The second-order valence-corrected chi connectivity index (χ2v) is 6.50. The molecule has 1 aromatic heterocycles. The Bertz CT molecular complexity index is 751. The van der Waals surface area contributed by atoms with Crippen LogP contribution in [0.25, 0.3) is 11.0 Å². The third-order valence-electron chi connectivity index (χ3n) is 3.41. The van der Waals surface area contributed by atoms with Crippen LogP contribution < -0.4 is 5.32 Å². The number of fused-ring (bicyclic) bond motifs is 1. The van der Waals surface area contributed by atoms with Crippen molar-refractivity contribution >= 4 is 45.2 Å². The Balaban J connectivity index is 2.06. The number of rotatable bonds is 4. The van der Waals surface area contributed by atoms with Gasteiger partial charge in [-0.3, -0.25) is 0 Å². The maximum atomic E-state index is 6.20. The first-order valence-electron chi connectivity index (χ1n) is 6.86. The van der Waals surface area contributed by atoms with Gasteiger partial charge in [0, 0.05) is 8.96 Å². The van der Waals surface area contributed by atoms with Crippen molar-refractivity contribution in [2.24, 2.45) is 0 Å². The Morgan fingerprint density at radius 1 is 1.19 bits per heavy atom. The van der Waals surface area contributed by atoms with Crippen molar-refractivity contribution in [1.82, 2.24) is 5.32 Å². The van der Waals surface area contributed by atoms with E-state index in [1.54, 1.807) is 0 Å². The molecule has 1 unspecified atom stereocenters. The maximum absolute atomic E-state index is 6.20. The van der Waals surface area contributed by atoms with Crippen molar-refractivity contribution in [3.63, 3.8) is 0 Å². The Morgan fingerprint density at radius 2 is 1.95 bits per heavy atom. The zero-order valence-corrected chi connectivity index (χ0v) is 14.5. The van der Waals surface area contributed by atoms with Gasteiger partial charge >= 0.3 is 0 Å². The van der Waals surface area contributed by atoms with Gasteiger partial charge in [0.25, 0.3) is 0 Å². The SMILES string of the molecule is CCNC(c1ccc(I)cc1)c1cc2cccc(Cl)c2o1. The summed E-state index contributed by atoms with van der Waals surface area (Å²) in [5, 5.41) is 5.16. The Hall–Kier alpha value is -1.04. The smallest absolute Gasteiger partial charge is 0.152 e. The number of benzene rings is 2. The highest BCUT2D eigenvalue weighted by atomic mass is 127. The van der Waals surface area contributed by atoms with Gasteiger partial charge < -0.3 is 9.73 Å².